The molecule has 2 N–H and O–H groups in total. The molecule has 2 aromatic rings. The summed E-state index contributed by atoms with van der Waals surface area (Å²) in [5.41, 5.74) is 3.24. The number of rotatable bonds is 11. The number of pyridine rings is 1. The summed E-state index contributed by atoms with van der Waals surface area (Å²) in [6, 6.07) is 4.29. The zero-order valence-electron chi connectivity index (χ0n) is 21.7. The van der Waals surface area contributed by atoms with Crippen LogP contribution in [0.15, 0.2) is 22.9 Å². The van der Waals surface area contributed by atoms with Crippen molar-refractivity contribution < 1.29 is 14.3 Å². The highest BCUT2D eigenvalue weighted by atomic mass is 35.5. The first-order valence-corrected chi connectivity index (χ1v) is 13.8. The van der Waals surface area contributed by atoms with Crippen LogP contribution < -0.4 is 10.6 Å². The van der Waals surface area contributed by atoms with Gasteiger partial charge in [-0.25, -0.2) is 9.78 Å². The van der Waals surface area contributed by atoms with Crippen LogP contribution in [0.1, 0.15) is 53.4 Å². The van der Waals surface area contributed by atoms with E-state index in [2.05, 4.69) is 38.9 Å². The molecule has 0 saturated carbocycles. The number of carbonyl (C=O) groups excluding carboxylic acids is 2. The van der Waals surface area contributed by atoms with Gasteiger partial charge in [-0.1, -0.05) is 11.6 Å². The standard InChI is InChI=1S/C26H38ClN5O3S/c1-18-15-23(27)30-20(3)24(18)25(33)28-9-5-19(2)31-11-6-22(7-12-31)32(16-21-8-14-36-17-21)26(34)29-10-13-35-4/h8,14-15,17,19,22H,5-7,9-13,16H2,1-4H3,(H,28,33)(H,29,34)/t19-/m1/s1. The normalized spacial score (nSPS) is 15.5. The molecule has 2 aromatic heterocycles. The Morgan fingerprint density at radius 3 is 2.67 bits per heavy atom. The molecule has 8 nitrogen and oxygen atoms in total. The highest BCUT2D eigenvalue weighted by Gasteiger charge is 2.29. The predicted molar refractivity (Wildman–Crippen MR) is 145 cm³/mol. The van der Waals surface area contributed by atoms with E-state index in [-0.39, 0.29) is 18.0 Å². The van der Waals surface area contributed by atoms with Crippen molar-refractivity contribution in [3.05, 3.63) is 50.4 Å². The number of thiophene rings is 1. The number of ether oxygens (including phenoxy) is 1. The lowest BCUT2D eigenvalue weighted by Gasteiger charge is -2.40. The molecule has 36 heavy (non-hydrogen) atoms. The number of hydrogen-bond donors (Lipinski definition) is 2. The summed E-state index contributed by atoms with van der Waals surface area (Å²) < 4.78 is 5.08. The third-order valence-corrected chi connectivity index (χ3v) is 7.71. The fraction of sp³-hybridized carbons (Fsp3) is 0.577. The first kappa shape index (κ1) is 28.4. The van der Waals surface area contributed by atoms with Crippen molar-refractivity contribution in [2.75, 3.05) is 39.9 Å². The highest BCUT2D eigenvalue weighted by Crippen LogP contribution is 2.22. The number of halogens is 1. The lowest BCUT2D eigenvalue weighted by atomic mass is 10.0. The average molecular weight is 536 g/mol. The van der Waals surface area contributed by atoms with Crippen molar-refractivity contribution in [3.63, 3.8) is 0 Å². The summed E-state index contributed by atoms with van der Waals surface area (Å²) in [5.74, 6) is -0.108. The maximum absolute atomic E-state index is 12.9. The lowest BCUT2D eigenvalue weighted by molar-refractivity contribution is 0.0899. The van der Waals surface area contributed by atoms with Gasteiger partial charge in [0.2, 0.25) is 0 Å². The van der Waals surface area contributed by atoms with Crippen LogP contribution in [0.5, 0.6) is 0 Å². The van der Waals surface area contributed by atoms with Crippen LogP contribution >= 0.6 is 22.9 Å². The Morgan fingerprint density at radius 1 is 1.28 bits per heavy atom. The maximum atomic E-state index is 12.9. The van der Waals surface area contributed by atoms with Crippen LogP contribution in [0.3, 0.4) is 0 Å². The third kappa shape index (κ3) is 7.90. The minimum absolute atomic E-state index is 0.0327. The summed E-state index contributed by atoms with van der Waals surface area (Å²) >= 11 is 7.64. The number of likely N-dealkylation sites (tertiary alicyclic amines) is 1. The number of urea groups is 1. The van der Waals surface area contributed by atoms with Crippen LogP contribution in [0.2, 0.25) is 5.15 Å². The number of carbonyl (C=O) groups is 2. The van der Waals surface area contributed by atoms with E-state index in [1.165, 1.54) is 0 Å². The largest absolute Gasteiger partial charge is 0.383 e. The Balaban J connectivity index is 1.48. The minimum atomic E-state index is -0.108. The number of nitrogens with one attached hydrogen (secondary N) is 2. The molecule has 0 radical (unpaired) electrons. The molecule has 3 heterocycles. The monoisotopic (exact) mass is 535 g/mol. The quantitative estimate of drug-likeness (QED) is 0.332. The molecule has 3 rings (SSSR count). The summed E-state index contributed by atoms with van der Waals surface area (Å²) in [4.78, 5) is 34.3. The molecule has 1 aliphatic heterocycles. The number of aromatic nitrogens is 1. The minimum Gasteiger partial charge on any atom is -0.383 e. The zero-order chi connectivity index (χ0) is 26.1. The van der Waals surface area contributed by atoms with Gasteiger partial charge in [0.05, 0.1) is 17.9 Å². The van der Waals surface area contributed by atoms with Crippen LogP contribution in [0.25, 0.3) is 0 Å². The van der Waals surface area contributed by atoms with E-state index in [1.807, 2.05) is 17.2 Å². The van der Waals surface area contributed by atoms with Gasteiger partial charge in [-0.3, -0.25) is 4.79 Å². The van der Waals surface area contributed by atoms with Gasteiger partial charge in [-0.15, -0.1) is 0 Å². The Kier molecular flexibility index (Phi) is 11.0. The first-order valence-electron chi connectivity index (χ1n) is 12.5. The van der Waals surface area contributed by atoms with Gasteiger partial charge in [0.15, 0.2) is 0 Å². The van der Waals surface area contributed by atoms with Gasteiger partial charge < -0.3 is 25.2 Å². The number of nitrogens with zero attached hydrogens (tertiary/aromatic N) is 3. The smallest absolute Gasteiger partial charge is 0.318 e. The summed E-state index contributed by atoms with van der Waals surface area (Å²) in [6.07, 6.45) is 2.70. The molecule has 0 aliphatic carbocycles. The van der Waals surface area contributed by atoms with Crippen molar-refractivity contribution in [3.8, 4) is 0 Å². The van der Waals surface area contributed by atoms with E-state index in [0.29, 0.717) is 48.7 Å². The summed E-state index contributed by atoms with van der Waals surface area (Å²) in [5, 5.41) is 10.6. The van der Waals surface area contributed by atoms with E-state index in [0.717, 1.165) is 43.5 Å². The zero-order valence-corrected chi connectivity index (χ0v) is 23.3. The van der Waals surface area contributed by atoms with Crippen LogP contribution in [0.4, 0.5) is 4.79 Å². The molecule has 0 spiro atoms. The summed E-state index contributed by atoms with van der Waals surface area (Å²) in [6.45, 7) is 9.94. The van der Waals surface area contributed by atoms with Crippen LogP contribution in [-0.2, 0) is 11.3 Å². The van der Waals surface area contributed by atoms with Gasteiger partial charge in [0.1, 0.15) is 5.15 Å². The molecule has 0 aromatic carbocycles. The van der Waals surface area contributed by atoms with Gasteiger partial charge >= 0.3 is 6.03 Å². The second-order valence-electron chi connectivity index (χ2n) is 9.37. The number of amides is 3. The lowest BCUT2D eigenvalue weighted by Crippen LogP contribution is -2.52. The second-order valence-corrected chi connectivity index (χ2v) is 10.5. The average Bonchev–Trinajstić information content (AvgIpc) is 3.35. The molecule has 0 unspecified atom stereocenters. The Hall–Kier alpha value is -2.20. The fourth-order valence-corrected chi connectivity index (χ4v) is 5.69. The number of piperidine rings is 1. The molecule has 1 atom stereocenters. The molecule has 3 amide bonds. The SMILES string of the molecule is COCCNC(=O)N(Cc1ccsc1)C1CCN([C@H](C)CCNC(=O)c2c(C)cc(Cl)nc2C)CC1. The van der Waals surface area contributed by atoms with Gasteiger partial charge in [0, 0.05) is 51.9 Å². The van der Waals surface area contributed by atoms with Crippen molar-refractivity contribution in [2.45, 2.75) is 58.7 Å². The topological polar surface area (TPSA) is 86.8 Å². The van der Waals surface area contributed by atoms with Crippen molar-refractivity contribution in [2.24, 2.45) is 0 Å². The van der Waals surface area contributed by atoms with E-state index < -0.39 is 0 Å². The van der Waals surface area contributed by atoms with Crippen molar-refractivity contribution >= 4 is 34.9 Å². The third-order valence-electron chi connectivity index (χ3n) is 6.78. The van der Waals surface area contributed by atoms with Crippen LogP contribution in [-0.4, -0.2) is 78.7 Å². The summed E-state index contributed by atoms with van der Waals surface area (Å²) in [7, 11) is 1.63. The Bertz CT molecular complexity index is 972. The predicted octanol–water partition coefficient (Wildman–Crippen LogP) is 4.24. The van der Waals surface area contributed by atoms with Crippen molar-refractivity contribution in [1.29, 1.82) is 0 Å². The highest BCUT2D eigenvalue weighted by molar-refractivity contribution is 7.07. The van der Waals surface area contributed by atoms with E-state index in [9.17, 15) is 9.59 Å². The Morgan fingerprint density at radius 2 is 2.03 bits per heavy atom. The molecular weight excluding hydrogens is 498 g/mol. The molecule has 1 saturated heterocycles. The number of hydrogen-bond acceptors (Lipinski definition) is 6. The molecule has 1 fully saturated rings. The van der Waals surface area contributed by atoms with Gasteiger partial charge in [-0.05, 0) is 74.1 Å². The number of aryl methyl sites for hydroxylation is 2. The van der Waals surface area contributed by atoms with Gasteiger partial charge in [-0.2, -0.15) is 11.3 Å². The molecule has 1 aliphatic rings. The molecule has 10 heteroatoms. The molecule has 198 valence electrons. The molecule has 0 bridgehead atoms. The van der Waals surface area contributed by atoms with E-state index >= 15 is 0 Å². The maximum Gasteiger partial charge on any atom is 0.318 e. The van der Waals surface area contributed by atoms with E-state index in [4.69, 9.17) is 16.3 Å². The van der Waals surface area contributed by atoms with Gasteiger partial charge in [0.25, 0.3) is 5.91 Å². The fourth-order valence-electron chi connectivity index (χ4n) is 4.74. The first-order chi connectivity index (χ1) is 17.3. The van der Waals surface area contributed by atoms with Crippen LogP contribution in [0, 0.1) is 13.8 Å². The second kappa shape index (κ2) is 13.9. The number of methoxy groups -OCH3 is 1. The molecular formula is C26H38ClN5O3S. The van der Waals surface area contributed by atoms with E-state index in [1.54, 1.807) is 31.4 Å². The Labute approximate surface area is 223 Å². The van der Waals surface area contributed by atoms with Crippen molar-refractivity contribution in [1.82, 2.24) is 25.4 Å².